The highest BCUT2D eigenvalue weighted by Crippen LogP contribution is 2.37. The van der Waals surface area contributed by atoms with E-state index in [9.17, 15) is 26.3 Å². The molecule has 0 amide bonds. The van der Waals surface area contributed by atoms with Crippen molar-refractivity contribution in [2.45, 2.75) is 12.4 Å². The van der Waals surface area contributed by atoms with Gasteiger partial charge in [0, 0.05) is 0 Å². The lowest BCUT2D eigenvalue weighted by atomic mass is 9.91. The van der Waals surface area contributed by atoms with Crippen LogP contribution in [0.3, 0.4) is 0 Å². The highest BCUT2D eigenvalue weighted by atomic mass is 19.4. The van der Waals surface area contributed by atoms with Gasteiger partial charge in [0.25, 0.3) is 0 Å². The van der Waals surface area contributed by atoms with Crippen molar-refractivity contribution in [1.82, 2.24) is 0 Å². The standard InChI is InChI=1S/C44H28F6/c45-43(46,47)41-22-18-33(19-23-41)31-8-14-36(15-9-31)39-26-38(35-12-6-30(7-13-35)29-4-2-1-3-5-29)27-40(28-39)37-16-10-32(11-17-37)34-20-24-42(25-21-34)44(48,49)50/h1-28H. The number of benzene rings is 7. The predicted molar refractivity (Wildman–Crippen MR) is 189 cm³/mol. The van der Waals surface area contributed by atoms with Crippen LogP contribution in [0.15, 0.2) is 170 Å². The van der Waals surface area contributed by atoms with Gasteiger partial charge in [-0.05, 0) is 109 Å². The Morgan fingerprint density at radius 2 is 0.420 bits per heavy atom. The molecular formula is C44H28F6. The van der Waals surface area contributed by atoms with E-state index < -0.39 is 23.5 Å². The Morgan fingerprint density at radius 3 is 0.660 bits per heavy atom. The normalized spacial score (nSPS) is 11.8. The van der Waals surface area contributed by atoms with Crippen molar-refractivity contribution >= 4 is 0 Å². The maximum Gasteiger partial charge on any atom is 0.416 e. The van der Waals surface area contributed by atoms with E-state index in [0.717, 1.165) is 79.9 Å². The Labute approximate surface area is 285 Å². The molecule has 0 saturated carbocycles. The first kappa shape index (κ1) is 32.7. The van der Waals surface area contributed by atoms with Crippen molar-refractivity contribution in [1.29, 1.82) is 0 Å². The molecule has 246 valence electrons. The summed E-state index contributed by atoms with van der Waals surface area (Å²) in [5.41, 5.74) is 9.62. The van der Waals surface area contributed by atoms with E-state index in [1.54, 1.807) is 0 Å². The number of hydrogen-bond donors (Lipinski definition) is 0. The predicted octanol–water partition coefficient (Wildman–Crippen LogP) is 13.7. The van der Waals surface area contributed by atoms with Crippen LogP contribution in [0.5, 0.6) is 0 Å². The monoisotopic (exact) mass is 670 g/mol. The molecule has 0 aliphatic rings. The number of rotatable bonds is 6. The highest BCUT2D eigenvalue weighted by molar-refractivity contribution is 5.83. The smallest absolute Gasteiger partial charge is 0.166 e. The summed E-state index contributed by atoms with van der Waals surface area (Å²) in [6.45, 7) is 0. The van der Waals surface area contributed by atoms with Gasteiger partial charge in [-0.1, -0.05) is 127 Å². The molecular weight excluding hydrogens is 642 g/mol. The molecule has 0 bridgehead atoms. The first-order valence-corrected chi connectivity index (χ1v) is 15.9. The molecule has 50 heavy (non-hydrogen) atoms. The molecule has 0 aromatic heterocycles. The minimum absolute atomic E-state index is 0.686. The van der Waals surface area contributed by atoms with Crippen molar-refractivity contribution < 1.29 is 26.3 Å². The average Bonchev–Trinajstić information content (AvgIpc) is 3.15. The number of alkyl halides is 6. The highest BCUT2D eigenvalue weighted by Gasteiger charge is 2.30. The summed E-state index contributed by atoms with van der Waals surface area (Å²) in [5, 5.41) is 0. The van der Waals surface area contributed by atoms with Gasteiger partial charge in [-0.15, -0.1) is 0 Å². The summed E-state index contributed by atoms with van der Waals surface area (Å²) in [6, 6.07) is 50.5. The summed E-state index contributed by atoms with van der Waals surface area (Å²) in [7, 11) is 0. The summed E-state index contributed by atoms with van der Waals surface area (Å²) in [5.74, 6) is 0. The lowest BCUT2D eigenvalue weighted by Gasteiger charge is -2.13. The summed E-state index contributed by atoms with van der Waals surface area (Å²) >= 11 is 0. The SMILES string of the molecule is FC(F)(F)c1ccc(-c2ccc(-c3cc(-c4ccc(-c5ccccc5)cc4)cc(-c4ccc(-c5ccc(C(F)(F)F)cc5)cc4)c3)cc2)cc1. The van der Waals surface area contributed by atoms with E-state index in [4.69, 9.17) is 0 Å². The third-order valence-corrected chi connectivity index (χ3v) is 8.79. The van der Waals surface area contributed by atoms with E-state index in [0.29, 0.717) is 11.1 Å². The first-order chi connectivity index (χ1) is 24.0. The number of hydrogen-bond acceptors (Lipinski definition) is 0. The van der Waals surface area contributed by atoms with Gasteiger partial charge in [-0.25, -0.2) is 0 Å². The molecule has 0 N–H and O–H groups in total. The van der Waals surface area contributed by atoms with Crippen LogP contribution >= 0.6 is 0 Å². The lowest BCUT2D eigenvalue weighted by Crippen LogP contribution is -2.03. The van der Waals surface area contributed by atoms with Gasteiger partial charge in [-0.2, -0.15) is 26.3 Å². The van der Waals surface area contributed by atoms with E-state index in [2.05, 4.69) is 54.6 Å². The van der Waals surface area contributed by atoms with Crippen molar-refractivity contribution in [3.8, 4) is 66.8 Å². The van der Waals surface area contributed by atoms with Gasteiger partial charge < -0.3 is 0 Å². The minimum atomic E-state index is -4.39. The Morgan fingerprint density at radius 1 is 0.220 bits per heavy atom. The van der Waals surface area contributed by atoms with Gasteiger partial charge in [-0.3, -0.25) is 0 Å². The van der Waals surface area contributed by atoms with Gasteiger partial charge in [0.05, 0.1) is 11.1 Å². The topological polar surface area (TPSA) is 0 Å². The second kappa shape index (κ2) is 13.2. The Bertz CT molecular complexity index is 2090. The van der Waals surface area contributed by atoms with E-state index in [1.165, 1.54) is 24.3 Å². The second-order valence-corrected chi connectivity index (χ2v) is 12.0. The van der Waals surface area contributed by atoms with Gasteiger partial charge >= 0.3 is 12.4 Å². The van der Waals surface area contributed by atoms with E-state index in [-0.39, 0.29) is 0 Å². The lowest BCUT2D eigenvalue weighted by molar-refractivity contribution is -0.138. The van der Waals surface area contributed by atoms with Crippen LogP contribution < -0.4 is 0 Å². The second-order valence-electron chi connectivity index (χ2n) is 12.0. The quantitative estimate of drug-likeness (QED) is 0.155. The fourth-order valence-electron chi connectivity index (χ4n) is 6.03. The zero-order valence-electron chi connectivity index (χ0n) is 26.4. The fraction of sp³-hybridized carbons (Fsp3) is 0.0455. The molecule has 6 heteroatoms. The maximum absolute atomic E-state index is 13.1. The fourth-order valence-corrected chi connectivity index (χ4v) is 6.03. The first-order valence-electron chi connectivity index (χ1n) is 15.9. The third-order valence-electron chi connectivity index (χ3n) is 8.79. The van der Waals surface area contributed by atoms with E-state index in [1.807, 2.05) is 66.7 Å². The maximum atomic E-state index is 13.1. The Hall–Kier alpha value is -5.88. The van der Waals surface area contributed by atoms with Crippen LogP contribution in [-0.2, 0) is 12.4 Å². The van der Waals surface area contributed by atoms with Crippen molar-refractivity contribution in [2.24, 2.45) is 0 Å². The Balaban J connectivity index is 1.24. The van der Waals surface area contributed by atoms with Gasteiger partial charge in [0.2, 0.25) is 0 Å². The minimum Gasteiger partial charge on any atom is -0.166 e. The number of halogens is 6. The summed E-state index contributed by atoms with van der Waals surface area (Å²) in [6.07, 6.45) is -8.79. The Kier molecular flexibility index (Phi) is 8.62. The van der Waals surface area contributed by atoms with Crippen LogP contribution in [-0.4, -0.2) is 0 Å². The molecule has 0 aliphatic carbocycles. The molecule has 0 atom stereocenters. The van der Waals surface area contributed by atoms with Gasteiger partial charge in [0.1, 0.15) is 0 Å². The molecule has 0 fully saturated rings. The summed E-state index contributed by atoms with van der Waals surface area (Å²) < 4.78 is 78.5. The zero-order valence-corrected chi connectivity index (χ0v) is 26.4. The third kappa shape index (κ3) is 7.10. The molecule has 0 nitrogen and oxygen atoms in total. The van der Waals surface area contributed by atoms with Gasteiger partial charge in [0.15, 0.2) is 0 Å². The molecule has 0 spiro atoms. The van der Waals surface area contributed by atoms with Crippen molar-refractivity contribution in [2.75, 3.05) is 0 Å². The molecule has 7 rings (SSSR count). The molecule has 0 radical (unpaired) electrons. The van der Waals surface area contributed by atoms with Crippen LogP contribution in [0.25, 0.3) is 66.8 Å². The molecule has 7 aromatic rings. The molecule has 0 unspecified atom stereocenters. The van der Waals surface area contributed by atoms with Crippen LogP contribution in [0, 0.1) is 0 Å². The van der Waals surface area contributed by atoms with Crippen molar-refractivity contribution in [3.05, 3.63) is 181 Å². The largest absolute Gasteiger partial charge is 0.416 e. The van der Waals surface area contributed by atoms with Crippen LogP contribution in [0.2, 0.25) is 0 Å². The molecule has 0 saturated heterocycles. The van der Waals surface area contributed by atoms with E-state index >= 15 is 0 Å². The van der Waals surface area contributed by atoms with Crippen LogP contribution in [0.4, 0.5) is 26.3 Å². The average molecular weight is 671 g/mol. The summed E-state index contributed by atoms with van der Waals surface area (Å²) in [4.78, 5) is 0. The molecule has 0 heterocycles. The molecule has 7 aromatic carbocycles. The zero-order chi connectivity index (χ0) is 34.9. The van der Waals surface area contributed by atoms with Crippen LogP contribution in [0.1, 0.15) is 11.1 Å². The van der Waals surface area contributed by atoms with Crippen molar-refractivity contribution in [3.63, 3.8) is 0 Å². The molecule has 0 aliphatic heterocycles.